The molecule has 9 nitrogen and oxygen atoms in total. The fraction of sp³-hybridized carbons (Fsp3) is 0.350. The number of fused-ring (bicyclic) bond motifs is 1. The maximum atomic E-state index is 13.0. The molecule has 1 amide bonds. The number of hydrogen-bond donors (Lipinski definition) is 2. The maximum absolute atomic E-state index is 13.0. The highest BCUT2D eigenvalue weighted by molar-refractivity contribution is 5.95. The Morgan fingerprint density at radius 2 is 1.97 bits per heavy atom. The molecule has 0 bridgehead atoms. The second-order valence-electron chi connectivity index (χ2n) is 6.55. The molecule has 1 aromatic carbocycles. The first-order chi connectivity index (χ1) is 14.2. The smallest absolute Gasteiger partial charge is 0.290 e. The van der Waals surface area contributed by atoms with Crippen LogP contribution in [-0.4, -0.2) is 68.5 Å². The number of aryl methyl sites for hydroxylation is 1. The Kier molecular flexibility index (Phi) is 6.72. The molecule has 29 heavy (non-hydrogen) atoms. The van der Waals surface area contributed by atoms with Gasteiger partial charge in [0, 0.05) is 31.7 Å². The lowest BCUT2D eigenvalue weighted by Crippen LogP contribution is -2.35. The maximum Gasteiger partial charge on any atom is 0.290 e. The van der Waals surface area contributed by atoms with Gasteiger partial charge in [-0.25, -0.2) is 15.0 Å². The van der Waals surface area contributed by atoms with Crippen molar-refractivity contribution in [3.8, 4) is 0 Å². The second-order valence-corrected chi connectivity index (χ2v) is 6.55. The Balaban J connectivity index is 0.000000755. The van der Waals surface area contributed by atoms with Gasteiger partial charge in [0.15, 0.2) is 11.5 Å². The van der Waals surface area contributed by atoms with Gasteiger partial charge in [-0.3, -0.25) is 9.59 Å². The van der Waals surface area contributed by atoms with Crippen molar-refractivity contribution in [3.63, 3.8) is 0 Å². The molecule has 0 aliphatic carbocycles. The molecule has 3 heterocycles. The highest BCUT2D eigenvalue weighted by Crippen LogP contribution is 2.22. The first-order valence-electron chi connectivity index (χ1n) is 9.53. The number of aromatic amines is 1. The van der Waals surface area contributed by atoms with E-state index in [-0.39, 0.29) is 12.4 Å². The molecule has 3 aromatic rings. The fourth-order valence-corrected chi connectivity index (χ4v) is 3.53. The summed E-state index contributed by atoms with van der Waals surface area (Å²) in [5, 5.41) is 6.89. The van der Waals surface area contributed by atoms with E-state index in [1.54, 1.807) is 12.7 Å². The van der Waals surface area contributed by atoms with Crippen LogP contribution in [0.3, 0.4) is 0 Å². The topological polar surface area (TPSA) is 115 Å². The number of amides is 1. The minimum absolute atomic E-state index is 0.124. The molecule has 1 aliphatic heterocycles. The van der Waals surface area contributed by atoms with Gasteiger partial charge in [-0.05, 0) is 24.5 Å². The van der Waals surface area contributed by atoms with E-state index < -0.39 is 0 Å². The van der Waals surface area contributed by atoms with Gasteiger partial charge >= 0.3 is 0 Å². The SMILES string of the molecule is CCc1ccccc1C(=O)N1CCCN(c2ncnc3nc[nH]c23)CC1.O=CO. The molecule has 0 radical (unpaired) electrons. The summed E-state index contributed by atoms with van der Waals surface area (Å²) in [5.74, 6) is 0.981. The lowest BCUT2D eigenvalue weighted by atomic mass is 10.0. The third kappa shape index (κ3) is 4.50. The van der Waals surface area contributed by atoms with Crippen LogP contribution in [0.4, 0.5) is 5.82 Å². The molecule has 9 heteroatoms. The summed E-state index contributed by atoms with van der Waals surface area (Å²) < 4.78 is 0. The molecule has 2 N–H and O–H groups in total. The normalized spacial score (nSPS) is 14.1. The molecule has 0 spiro atoms. The summed E-state index contributed by atoms with van der Waals surface area (Å²) >= 11 is 0. The summed E-state index contributed by atoms with van der Waals surface area (Å²) in [4.78, 5) is 41.5. The van der Waals surface area contributed by atoms with E-state index in [4.69, 9.17) is 9.90 Å². The molecular weight excluding hydrogens is 372 g/mol. The van der Waals surface area contributed by atoms with Crippen LogP contribution < -0.4 is 4.90 Å². The quantitative estimate of drug-likeness (QED) is 0.650. The van der Waals surface area contributed by atoms with Crippen LogP contribution in [0.5, 0.6) is 0 Å². The van der Waals surface area contributed by atoms with Crippen molar-refractivity contribution < 1.29 is 14.7 Å². The number of nitrogens with one attached hydrogen (secondary N) is 1. The predicted octanol–water partition coefficient (Wildman–Crippen LogP) is 1.97. The Morgan fingerprint density at radius 3 is 2.76 bits per heavy atom. The largest absolute Gasteiger partial charge is 0.483 e. The van der Waals surface area contributed by atoms with Crippen LogP contribution in [0.15, 0.2) is 36.9 Å². The van der Waals surface area contributed by atoms with Gasteiger partial charge in [0.05, 0.1) is 6.33 Å². The number of carboxylic acid groups (broad SMARTS) is 1. The monoisotopic (exact) mass is 396 g/mol. The number of nitrogens with zero attached hydrogens (tertiary/aromatic N) is 5. The van der Waals surface area contributed by atoms with E-state index in [1.807, 2.05) is 29.2 Å². The van der Waals surface area contributed by atoms with Gasteiger partial charge in [0.2, 0.25) is 0 Å². The number of anilines is 1. The zero-order valence-electron chi connectivity index (χ0n) is 16.3. The van der Waals surface area contributed by atoms with E-state index in [9.17, 15) is 4.79 Å². The van der Waals surface area contributed by atoms with Crippen LogP contribution >= 0.6 is 0 Å². The Labute approximate surface area is 168 Å². The van der Waals surface area contributed by atoms with Crippen molar-refractivity contribution in [1.82, 2.24) is 24.8 Å². The lowest BCUT2D eigenvalue weighted by molar-refractivity contribution is -0.122. The summed E-state index contributed by atoms with van der Waals surface area (Å²) in [6, 6.07) is 7.90. The van der Waals surface area contributed by atoms with Gasteiger partial charge in [-0.2, -0.15) is 0 Å². The standard InChI is InChI=1S/C19H22N6O.CH2O2/c1-2-14-6-3-4-7-15(14)19(26)25-9-5-8-24(10-11-25)18-16-17(21-12-20-16)22-13-23-18;2-1-3/h3-4,6-7,12-13H,2,5,8-11H2,1H3,(H,20,21,22,23);1H,(H,2,3). The molecule has 1 saturated heterocycles. The number of benzene rings is 1. The Hall–Kier alpha value is -3.49. The average Bonchev–Trinajstić information content (AvgIpc) is 3.10. The molecule has 0 atom stereocenters. The van der Waals surface area contributed by atoms with Gasteiger partial charge in [0.25, 0.3) is 12.4 Å². The highest BCUT2D eigenvalue weighted by atomic mass is 16.3. The number of imidazole rings is 1. The first-order valence-corrected chi connectivity index (χ1v) is 9.53. The number of rotatable bonds is 3. The average molecular weight is 396 g/mol. The van der Waals surface area contributed by atoms with E-state index in [2.05, 4.69) is 31.8 Å². The highest BCUT2D eigenvalue weighted by Gasteiger charge is 2.23. The first kappa shape index (κ1) is 20.2. The third-order valence-electron chi connectivity index (χ3n) is 4.91. The van der Waals surface area contributed by atoms with Crippen LogP contribution in [0.25, 0.3) is 11.2 Å². The fourth-order valence-electron chi connectivity index (χ4n) is 3.53. The van der Waals surface area contributed by atoms with Crippen molar-refractivity contribution in [2.45, 2.75) is 19.8 Å². The number of hydrogen-bond acceptors (Lipinski definition) is 6. The number of carbonyl (C=O) groups excluding carboxylic acids is 1. The second kappa shape index (κ2) is 9.63. The summed E-state index contributed by atoms with van der Waals surface area (Å²) in [5.41, 5.74) is 3.45. The Morgan fingerprint density at radius 1 is 1.17 bits per heavy atom. The van der Waals surface area contributed by atoms with Crippen LogP contribution in [-0.2, 0) is 11.2 Å². The minimum Gasteiger partial charge on any atom is -0.483 e. The third-order valence-corrected chi connectivity index (χ3v) is 4.91. The van der Waals surface area contributed by atoms with Crippen LogP contribution in [0, 0.1) is 0 Å². The number of carbonyl (C=O) groups is 2. The van der Waals surface area contributed by atoms with Crippen molar-refractivity contribution in [2.24, 2.45) is 0 Å². The Bertz CT molecular complexity index is 974. The minimum atomic E-state index is -0.250. The van der Waals surface area contributed by atoms with Gasteiger partial charge in [-0.1, -0.05) is 25.1 Å². The molecule has 1 fully saturated rings. The van der Waals surface area contributed by atoms with Crippen molar-refractivity contribution in [2.75, 3.05) is 31.1 Å². The van der Waals surface area contributed by atoms with E-state index in [0.717, 1.165) is 54.9 Å². The zero-order chi connectivity index (χ0) is 20.6. The van der Waals surface area contributed by atoms with Crippen molar-refractivity contribution in [3.05, 3.63) is 48.0 Å². The van der Waals surface area contributed by atoms with Crippen LogP contribution in [0.2, 0.25) is 0 Å². The number of aromatic nitrogens is 4. The zero-order valence-corrected chi connectivity index (χ0v) is 16.3. The van der Waals surface area contributed by atoms with E-state index in [0.29, 0.717) is 12.2 Å². The van der Waals surface area contributed by atoms with Gasteiger partial charge in [0.1, 0.15) is 11.8 Å². The van der Waals surface area contributed by atoms with Gasteiger partial charge in [-0.15, -0.1) is 0 Å². The van der Waals surface area contributed by atoms with Crippen molar-refractivity contribution >= 4 is 29.4 Å². The summed E-state index contributed by atoms with van der Waals surface area (Å²) in [6.45, 7) is 4.86. The molecule has 0 saturated carbocycles. The predicted molar refractivity (Wildman–Crippen MR) is 109 cm³/mol. The molecule has 2 aromatic heterocycles. The lowest BCUT2D eigenvalue weighted by Gasteiger charge is -2.23. The van der Waals surface area contributed by atoms with Crippen LogP contribution in [0.1, 0.15) is 29.3 Å². The summed E-state index contributed by atoms with van der Waals surface area (Å²) in [7, 11) is 0. The van der Waals surface area contributed by atoms with Gasteiger partial charge < -0.3 is 19.9 Å². The number of H-pyrrole nitrogens is 1. The molecule has 4 rings (SSSR count). The molecule has 0 unspecified atom stereocenters. The molecule has 1 aliphatic rings. The molecular formula is C20H24N6O3. The van der Waals surface area contributed by atoms with E-state index >= 15 is 0 Å². The van der Waals surface area contributed by atoms with E-state index in [1.165, 1.54) is 0 Å². The van der Waals surface area contributed by atoms with Crippen molar-refractivity contribution in [1.29, 1.82) is 0 Å². The summed E-state index contributed by atoms with van der Waals surface area (Å²) in [6.07, 6.45) is 4.95. The molecule has 152 valence electrons.